The second kappa shape index (κ2) is 6.89. The van der Waals surface area contributed by atoms with Gasteiger partial charge in [0.15, 0.2) is 0 Å². The normalized spacial score (nSPS) is 22.8. The molecule has 0 spiro atoms. The highest BCUT2D eigenvalue weighted by Gasteiger charge is 2.30. The van der Waals surface area contributed by atoms with Crippen molar-refractivity contribution in [2.24, 2.45) is 17.1 Å². The second-order valence-corrected chi connectivity index (χ2v) is 7.30. The molecule has 0 bridgehead atoms. The van der Waals surface area contributed by atoms with E-state index in [0.717, 1.165) is 24.6 Å². The highest BCUT2D eigenvalue weighted by atomic mass is 19.1. The van der Waals surface area contributed by atoms with Crippen LogP contribution in [-0.4, -0.2) is 24.5 Å². The predicted molar refractivity (Wildman–Crippen MR) is 86.6 cm³/mol. The van der Waals surface area contributed by atoms with Crippen molar-refractivity contribution in [3.63, 3.8) is 0 Å². The third-order valence-electron chi connectivity index (χ3n) is 4.92. The van der Waals surface area contributed by atoms with Gasteiger partial charge in [0, 0.05) is 18.2 Å². The smallest absolute Gasteiger partial charge is 0.128 e. The Kier molecular flexibility index (Phi) is 5.39. The summed E-state index contributed by atoms with van der Waals surface area (Å²) in [6, 6.07) is 7.05. The Morgan fingerprint density at radius 2 is 1.95 bits per heavy atom. The van der Waals surface area contributed by atoms with Crippen LogP contribution in [-0.2, 0) is 0 Å². The molecule has 2 nitrogen and oxygen atoms in total. The molecule has 2 atom stereocenters. The number of hydrogen-bond donors (Lipinski definition) is 1. The lowest BCUT2D eigenvalue weighted by molar-refractivity contribution is 0.182. The number of halogens is 1. The van der Waals surface area contributed by atoms with Gasteiger partial charge in [-0.2, -0.15) is 0 Å². The minimum Gasteiger partial charge on any atom is -0.329 e. The molecule has 1 heterocycles. The molecule has 1 aliphatic heterocycles. The van der Waals surface area contributed by atoms with Crippen molar-refractivity contribution < 1.29 is 4.39 Å². The van der Waals surface area contributed by atoms with Gasteiger partial charge in [-0.15, -0.1) is 0 Å². The van der Waals surface area contributed by atoms with Gasteiger partial charge in [0.1, 0.15) is 5.82 Å². The van der Waals surface area contributed by atoms with E-state index in [2.05, 4.69) is 25.7 Å². The van der Waals surface area contributed by atoms with Gasteiger partial charge in [-0.05, 0) is 49.8 Å². The topological polar surface area (TPSA) is 29.3 Å². The Bertz CT molecular complexity index is 453. The van der Waals surface area contributed by atoms with Crippen molar-refractivity contribution in [1.82, 2.24) is 4.90 Å². The van der Waals surface area contributed by atoms with E-state index in [1.54, 1.807) is 6.07 Å². The van der Waals surface area contributed by atoms with E-state index >= 15 is 0 Å². The molecule has 1 aromatic rings. The fourth-order valence-electron chi connectivity index (χ4n) is 3.51. The molecule has 2 rings (SSSR count). The van der Waals surface area contributed by atoms with Crippen LogP contribution in [0.25, 0.3) is 0 Å². The first-order valence-electron chi connectivity index (χ1n) is 8.12. The van der Waals surface area contributed by atoms with E-state index in [1.165, 1.54) is 25.3 Å². The van der Waals surface area contributed by atoms with E-state index in [1.807, 2.05) is 12.1 Å². The zero-order chi connectivity index (χ0) is 15.5. The maximum atomic E-state index is 14.1. The first-order valence-corrected chi connectivity index (χ1v) is 8.12. The molecule has 2 N–H and O–H groups in total. The maximum absolute atomic E-state index is 14.1. The van der Waals surface area contributed by atoms with Gasteiger partial charge >= 0.3 is 0 Å². The van der Waals surface area contributed by atoms with Crippen LogP contribution in [0.3, 0.4) is 0 Å². The average Bonchev–Trinajstić information content (AvgIpc) is 2.67. The quantitative estimate of drug-likeness (QED) is 0.913. The first-order chi connectivity index (χ1) is 9.93. The standard InChI is InChI=1S/C18H29FN2/c1-18(2,3)14-7-6-11-21(12-10-14)17(13-20)15-8-4-5-9-16(15)19/h4-5,8-9,14,17H,6-7,10-13,20H2,1-3H3. The maximum Gasteiger partial charge on any atom is 0.128 e. The Morgan fingerprint density at radius 1 is 1.24 bits per heavy atom. The van der Waals surface area contributed by atoms with E-state index in [0.29, 0.717) is 12.0 Å². The molecule has 21 heavy (non-hydrogen) atoms. The lowest BCUT2D eigenvalue weighted by Gasteiger charge is -2.32. The monoisotopic (exact) mass is 292 g/mol. The van der Waals surface area contributed by atoms with Crippen LogP contribution in [0.15, 0.2) is 24.3 Å². The van der Waals surface area contributed by atoms with E-state index < -0.39 is 0 Å². The zero-order valence-corrected chi connectivity index (χ0v) is 13.6. The van der Waals surface area contributed by atoms with Crippen LogP contribution in [0, 0.1) is 17.2 Å². The summed E-state index contributed by atoms with van der Waals surface area (Å²) in [6.07, 6.45) is 3.61. The minimum absolute atomic E-state index is 0.00455. The molecule has 1 fully saturated rings. The summed E-state index contributed by atoms with van der Waals surface area (Å²) in [7, 11) is 0. The fourth-order valence-corrected chi connectivity index (χ4v) is 3.51. The number of nitrogens with zero attached hydrogens (tertiary/aromatic N) is 1. The van der Waals surface area contributed by atoms with Crippen molar-refractivity contribution in [1.29, 1.82) is 0 Å². The summed E-state index contributed by atoms with van der Waals surface area (Å²) in [5.41, 5.74) is 7.07. The second-order valence-electron chi connectivity index (χ2n) is 7.30. The van der Waals surface area contributed by atoms with Crippen LogP contribution in [0.4, 0.5) is 4.39 Å². The molecule has 0 saturated carbocycles. The van der Waals surface area contributed by atoms with Gasteiger partial charge in [0.25, 0.3) is 0 Å². The first kappa shape index (κ1) is 16.4. The van der Waals surface area contributed by atoms with Crippen molar-refractivity contribution >= 4 is 0 Å². The third kappa shape index (κ3) is 4.04. The summed E-state index contributed by atoms with van der Waals surface area (Å²) < 4.78 is 14.1. The molecule has 1 aliphatic rings. The van der Waals surface area contributed by atoms with Crippen LogP contribution in [0.2, 0.25) is 0 Å². The predicted octanol–water partition coefficient (Wildman–Crippen LogP) is 3.97. The lowest BCUT2D eigenvalue weighted by Crippen LogP contribution is -2.35. The van der Waals surface area contributed by atoms with Crippen LogP contribution in [0.1, 0.15) is 51.6 Å². The molecule has 0 amide bonds. The lowest BCUT2D eigenvalue weighted by atomic mass is 9.77. The Labute approximate surface area is 128 Å². The Balaban J connectivity index is 2.11. The van der Waals surface area contributed by atoms with Gasteiger partial charge < -0.3 is 5.73 Å². The van der Waals surface area contributed by atoms with E-state index in [-0.39, 0.29) is 11.9 Å². The molecule has 0 aliphatic carbocycles. The van der Waals surface area contributed by atoms with Crippen molar-refractivity contribution in [3.8, 4) is 0 Å². The molecule has 2 unspecified atom stereocenters. The van der Waals surface area contributed by atoms with E-state index in [9.17, 15) is 4.39 Å². The van der Waals surface area contributed by atoms with Crippen molar-refractivity contribution in [2.75, 3.05) is 19.6 Å². The minimum atomic E-state index is -0.135. The van der Waals surface area contributed by atoms with E-state index in [4.69, 9.17) is 5.73 Å². The summed E-state index contributed by atoms with van der Waals surface area (Å²) in [5.74, 6) is 0.603. The largest absolute Gasteiger partial charge is 0.329 e. The molecular formula is C18H29FN2. The number of hydrogen-bond acceptors (Lipinski definition) is 2. The van der Waals surface area contributed by atoms with Gasteiger partial charge in [0.2, 0.25) is 0 Å². The highest BCUT2D eigenvalue weighted by molar-refractivity contribution is 5.21. The zero-order valence-electron chi connectivity index (χ0n) is 13.6. The third-order valence-corrected chi connectivity index (χ3v) is 4.92. The number of benzene rings is 1. The molecule has 3 heteroatoms. The summed E-state index contributed by atoms with van der Waals surface area (Å²) in [5, 5.41) is 0. The molecule has 0 radical (unpaired) electrons. The Hall–Kier alpha value is -0.930. The number of likely N-dealkylation sites (tertiary alicyclic amines) is 1. The van der Waals surface area contributed by atoms with Crippen molar-refractivity contribution in [3.05, 3.63) is 35.6 Å². The molecule has 0 aromatic heterocycles. The summed E-state index contributed by atoms with van der Waals surface area (Å²) >= 11 is 0. The fraction of sp³-hybridized carbons (Fsp3) is 0.667. The SMILES string of the molecule is CC(C)(C)C1CCCN(C(CN)c2ccccc2F)CC1. The van der Waals surface area contributed by atoms with Crippen LogP contribution < -0.4 is 5.73 Å². The number of rotatable bonds is 3. The van der Waals surface area contributed by atoms with Crippen LogP contribution >= 0.6 is 0 Å². The number of nitrogens with two attached hydrogens (primary N) is 1. The molecular weight excluding hydrogens is 263 g/mol. The summed E-state index contributed by atoms with van der Waals surface area (Å²) in [6.45, 7) is 9.47. The van der Waals surface area contributed by atoms with Gasteiger partial charge in [-0.25, -0.2) is 4.39 Å². The molecule has 1 saturated heterocycles. The average molecular weight is 292 g/mol. The Morgan fingerprint density at radius 3 is 2.57 bits per heavy atom. The highest BCUT2D eigenvalue weighted by Crippen LogP contribution is 2.36. The molecule has 1 aromatic carbocycles. The van der Waals surface area contributed by atoms with Gasteiger partial charge in [-0.1, -0.05) is 39.0 Å². The summed E-state index contributed by atoms with van der Waals surface area (Å²) in [4.78, 5) is 2.38. The van der Waals surface area contributed by atoms with Crippen LogP contribution in [0.5, 0.6) is 0 Å². The van der Waals surface area contributed by atoms with Gasteiger partial charge in [-0.3, -0.25) is 4.90 Å². The van der Waals surface area contributed by atoms with Gasteiger partial charge in [0.05, 0.1) is 0 Å². The molecule has 118 valence electrons. The van der Waals surface area contributed by atoms with Crippen molar-refractivity contribution in [2.45, 2.75) is 46.1 Å².